The van der Waals surface area contributed by atoms with Crippen LogP contribution in [0.5, 0.6) is 0 Å². The summed E-state index contributed by atoms with van der Waals surface area (Å²) in [4.78, 5) is 21.5. The van der Waals surface area contributed by atoms with Gasteiger partial charge < -0.3 is 15.5 Å². The van der Waals surface area contributed by atoms with Crippen LogP contribution >= 0.6 is 11.6 Å². The molecule has 5 nitrogen and oxygen atoms in total. The second kappa shape index (κ2) is 6.62. The predicted molar refractivity (Wildman–Crippen MR) is 51.2 cm³/mol. The molecule has 1 amide bonds. The second-order valence-electron chi connectivity index (χ2n) is 2.87. The van der Waals surface area contributed by atoms with Crippen molar-refractivity contribution in [3.63, 3.8) is 0 Å². The van der Waals surface area contributed by atoms with E-state index in [-0.39, 0.29) is 5.88 Å². The zero-order chi connectivity index (χ0) is 11.1. The normalized spacial score (nSPS) is 14.5. The number of alkyl halides is 1. The van der Waals surface area contributed by atoms with E-state index in [2.05, 4.69) is 5.32 Å². The van der Waals surface area contributed by atoms with Crippen molar-refractivity contribution in [3.05, 3.63) is 0 Å². The molecule has 82 valence electrons. The molecule has 3 N–H and O–H groups in total. The zero-order valence-electron chi connectivity index (χ0n) is 7.86. The highest BCUT2D eigenvalue weighted by atomic mass is 35.5. The van der Waals surface area contributed by atoms with Crippen molar-refractivity contribution in [1.29, 1.82) is 0 Å². The molecule has 0 rings (SSSR count). The Bertz CT molecular complexity index is 210. The Hall–Kier alpha value is -0.810. The summed E-state index contributed by atoms with van der Waals surface area (Å²) in [5.74, 6) is -2.18. The lowest BCUT2D eigenvalue weighted by molar-refractivity contribution is -0.144. The van der Waals surface area contributed by atoms with Crippen molar-refractivity contribution in [3.8, 4) is 0 Å². The Morgan fingerprint density at radius 3 is 2.43 bits per heavy atom. The number of carbonyl (C=O) groups is 2. The Labute approximate surface area is 87.1 Å². The van der Waals surface area contributed by atoms with Crippen LogP contribution in [0.25, 0.3) is 0 Å². The van der Waals surface area contributed by atoms with Crippen molar-refractivity contribution < 1.29 is 19.8 Å². The minimum absolute atomic E-state index is 0.317. The number of hydrogen-bond acceptors (Lipinski definition) is 3. The molecule has 0 saturated heterocycles. The quantitative estimate of drug-likeness (QED) is 0.552. The summed E-state index contributed by atoms with van der Waals surface area (Å²) >= 11 is 5.20. The number of amides is 1. The van der Waals surface area contributed by atoms with Crippen LogP contribution in [0.1, 0.15) is 19.8 Å². The molecule has 6 heteroatoms. The van der Waals surface area contributed by atoms with Crippen molar-refractivity contribution in [2.24, 2.45) is 0 Å². The molecule has 0 spiro atoms. The first-order chi connectivity index (χ1) is 6.52. The highest BCUT2D eigenvalue weighted by Crippen LogP contribution is 2.02. The summed E-state index contributed by atoms with van der Waals surface area (Å²) in [7, 11) is 0. The number of rotatable bonds is 6. The molecule has 0 aromatic carbocycles. The summed E-state index contributed by atoms with van der Waals surface area (Å²) in [6.45, 7) is 1.81. The molecule has 0 aliphatic rings. The van der Waals surface area contributed by atoms with Gasteiger partial charge >= 0.3 is 5.97 Å². The van der Waals surface area contributed by atoms with Crippen LogP contribution in [0.4, 0.5) is 0 Å². The Morgan fingerprint density at radius 2 is 2.07 bits per heavy atom. The number of nitrogens with one attached hydrogen (secondary N) is 1. The third kappa shape index (κ3) is 4.43. The maximum absolute atomic E-state index is 10.8. The van der Waals surface area contributed by atoms with Crippen LogP contribution in [0.3, 0.4) is 0 Å². The second-order valence-corrected chi connectivity index (χ2v) is 3.14. The largest absolute Gasteiger partial charge is 0.480 e. The molecule has 2 atom stereocenters. The lowest BCUT2D eigenvalue weighted by Gasteiger charge is -2.19. The average molecular weight is 224 g/mol. The minimum Gasteiger partial charge on any atom is -0.480 e. The van der Waals surface area contributed by atoms with Gasteiger partial charge in [0.25, 0.3) is 0 Å². The molecule has 0 saturated carbocycles. The molecule has 0 aliphatic carbocycles. The lowest BCUT2D eigenvalue weighted by atomic mass is 10.1. The number of carboxylic acids is 1. The Kier molecular flexibility index (Phi) is 6.23. The van der Waals surface area contributed by atoms with Crippen molar-refractivity contribution in [1.82, 2.24) is 5.32 Å². The number of aliphatic carboxylic acids is 1. The van der Waals surface area contributed by atoms with Gasteiger partial charge in [0.15, 0.2) is 6.04 Å². The number of carbonyl (C=O) groups excluding carboxylic acids is 1. The lowest BCUT2D eigenvalue weighted by Crippen LogP contribution is -2.49. The Morgan fingerprint density at radius 1 is 1.50 bits per heavy atom. The van der Waals surface area contributed by atoms with E-state index in [0.717, 1.165) is 0 Å². The van der Waals surface area contributed by atoms with Gasteiger partial charge in [0.2, 0.25) is 5.91 Å². The fourth-order valence-corrected chi connectivity index (χ4v) is 1.07. The topological polar surface area (TPSA) is 86.6 Å². The highest BCUT2D eigenvalue weighted by Gasteiger charge is 2.26. The van der Waals surface area contributed by atoms with Crippen LogP contribution in [0.15, 0.2) is 0 Å². The van der Waals surface area contributed by atoms with Gasteiger partial charge in [-0.3, -0.25) is 4.79 Å². The molecule has 0 heterocycles. The van der Waals surface area contributed by atoms with Crippen molar-refractivity contribution >= 4 is 23.5 Å². The Balaban J connectivity index is 4.28. The molecule has 0 bridgehead atoms. The van der Waals surface area contributed by atoms with Crippen LogP contribution in [0, 0.1) is 0 Å². The summed E-state index contributed by atoms with van der Waals surface area (Å²) in [6.07, 6.45) is -0.119. The van der Waals surface area contributed by atoms with Gasteiger partial charge in [-0.05, 0) is 6.42 Å². The smallest absolute Gasteiger partial charge is 0.328 e. The molecular formula is C8H14ClNO4. The number of halogens is 1. The SMILES string of the molecule is CCC[C@H](O)[C@H](NC(=O)CCl)C(=O)O. The number of aliphatic hydroxyl groups is 1. The van der Waals surface area contributed by atoms with Crippen molar-refractivity contribution in [2.45, 2.75) is 31.9 Å². The first-order valence-electron chi connectivity index (χ1n) is 4.29. The summed E-state index contributed by atoms with van der Waals surface area (Å²) in [6, 6.07) is -1.28. The zero-order valence-corrected chi connectivity index (χ0v) is 8.62. The number of carboxylic acid groups (broad SMARTS) is 1. The molecule has 0 aromatic heterocycles. The molecule has 0 unspecified atom stereocenters. The minimum atomic E-state index is -1.28. The molecule has 0 radical (unpaired) electrons. The third-order valence-electron chi connectivity index (χ3n) is 1.67. The predicted octanol–water partition coefficient (Wildman–Crippen LogP) is -0.0444. The maximum atomic E-state index is 10.8. The number of hydrogen-bond donors (Lipinski definition) is 3. The van der Waals surface area contributed by atoms with Crippen LogP contribution in [0.2, 0.25) is 0 Å². The molecule has 0 fully saturated rings. The monoisotopic (exact) mass is 223 g/mol. The van der Waals surface area contributed by atoms with Gasteiger partial charge in [-0.1, -0.05) is 13.3 Å². The molecule has 0 aromatic rings. The van der Waals surface area contributed by atoms with Gasteiger partial charge in [-0.15, -0.1) is 11.6 Å². The van der Waals surface area contributed by atoms with Gasteiger partial charge in [0, 0.05) is 0 Å². The van der Waals surface area contributed by atoms with E-state index in [4.69, 9.17) is 16.7 Å². The first-order valence-corrected chi connectivity index (χ1v) is 4.82. The van der Waals surface area contributed by atoms with Gasteiger partial charge in [0.1, 0.15) is 5.88 Å². The summed E-state index contributed by atoms with van der Waals surface area (Å²) < 4.78 is 0. The molecule has 0 aliphatic heterocycles. The van der Waals surface area contributed by atoms with E-state index in [1.165, 1.54) is 0 Å². The van der Waals surface area contributed by atoms with E-state index in [0.29, 0.717) is 12.8 Å². The fraction of sp³-hybridized carbons (Fsp3) is 0.750. The van der Waals surface area contributed by atoms with Gasteiger partial charge in [-0.25, -0.2) is 4.79 Å². The maximum Gasteiger partial charge on any atom is 0.328 e. The van der Waals surface area contributed by atoms with E-state index < -0.39 is 24.0 Å². The van der Waals surface area contributed by atoms with E-state index in [1.54, 1.807) is 0 Å². The standard InChI is InChI=1S/C8H14ClNO4/c1-2-3-5(11)7(8(13)14)10-6(12)4-9/h5,7,11H,2-4H2,1H3,(H,10,12)(H,13,14)/t5-,7-/m0/s1. The molecular weight excluding hydrogens is 210 g/mol. The third-order valence-corrected chi connectivity index (χ3v) is 1.92. The van der Waals surface area contributed by atoms with Crippen LogP contribution in [-0.2, 0) is 9.59 Å². The fourth-order valence-electron chi connectivity index (χ4n) is 0.997. The van der Waals surface area contributed by atoms with Gasteiger partial charge in [-0.2, -0.15) is 0 Å². The average Bonchev–Trinajstić information content (AvgIpc) is 2.13. The number of aliphatic hydroxyl groups excluding tert-OH is 1. The van der Waals surface area contributed by atoms with Gasteiger partial charge in [0.05, 0.1) is 6.10 Å². The van der Waals surface area contributed by atoms with E-state index >= 15 is 0 Å². The molecule has 14 heavy (non-hydrogen) atoms. The highest BCUT2D eigenvalue weighted by molar-refractivity contribution is 6.27. The summed E-state index contributed by atoms with van der Waals surface area (Å²) in [5.41, 5.74) is 0. The van der Waals surface area contributed by atoms with E-state index in [1.807, 2.05) is 6.92 Å². The first kappa shape index (κ1) is 13.2. The van der Waals surface area contributed by atoms with Crippen LogP contribution in [-0.4, -0.2) is 40.1 Å². The van der Waals surface area contributed by atoms with Crippen LogP contribution < -0.4 is 5.32 Å². The summed E-state index contributed by atoms with van der Waals surface area (Å²) in [5, 5.41) is 20.2. The van der Waals surface area contributed by atoms with E-state index in [9.17, 15) is 14.7 Å². The van der Waals surface area contributed by atoms with Crippen molar-refractivity contribution in [2.75, 3.05) is 5.88 Å².